The second-order valence-corrected chi connectivity index (χ2v) is 11.9. The lowest BCUT2D eigenvalue weighted by molar-refractivity contribution is -0.160. The molecule has 5 nitrogen and oxygen atoms in total. The number of carbonyl (C=O) groups excluding carboxylic acids is 2. The van der Waals surface area contributed by atoms with Gasteiger partial charge < -0.3 is 10.2 Å². The molecule has 4 saturated carbocycles. The van der Waals surface area contributed by atoms with E-state index in [1.54, 1.807) is 0 Å². The predicted molar refractivity (Wildman–Crippen MR) is 116 cm³/mol. The Morgan fingerprint density at radius 1 is 1.00 bits per heavy atom. The van der Waals surface area contributed by atoms with E-state index in [-0.39, 0.29) is 28.3 Å². The molecular weight excluding hydrogens is 376 g/mol. The molecule has 0 radical (unpaired) electrons. The van der Waals surface area contributed by atoms with Gasteiger partial charge in [0.05, 0.1) is 5.71 Å². The maximum Gasteiger partial charge on any atom is 0.141 e. The third kappa shape index (κ3) is 2.79. The van der Waals surface area contributed by atoms with Crippen LogP contribution in [0.4, 0.5) is 0 Å². The minimum Gasteiger partial charge on any atom is -0.391 e. The summed E-state index contributed by atoms with van der Waals surface area (Å²) in [5.74, 6) is 2.20. The van der Waals surface area contributed by atoms with E-state index in [9.17, 15) is 9.59 Å². The van der Waals surface area contributed by atoms with Gasteiger partial charge in [0.15, 0.2) is 0 Å². The van der Waals surface area contributed by atoms with Crippen molar-refractivity contribution in [2.24, 2.45) is 45.1 Å². The Kier molecular flexibility index (Phi) is 4.74. The van der Waals surface area contributed by atoms with Crippen LogP contribution >= 0.6 is 0 Å². The summed E-state index contributed by atoms with van der Waals surface area (Å²) in [4.78, 5) is 32.2. The molecule has 1 N–H and O–H groups in total. The van der Waals surface area contributed by atoms with E-state index in [2.05, 4.69) is 38.2 Å². The molecule has 5 heteroatoms. The molecule has 0 aromatic rings. The molecule has 166 valence electrons. The maximum absolute atomic E-state index is 13.7. The van der Waals surface area contributed by atoms with E-state index in [0.29, 0.717) is 42.2 Å². The Labute approximate surface area is 180 Å². The van der Waals surface area contributed by atoms with Crippen molar-refractivity contribution in [2.75, 3.05) is 13.1 Å². The highest BCUT2D eigenvalue weighted by molar-refractivity contribution is 5.97. The first kappa shape index (κ1) is 20.7. The number of hydrogen-bond donors (Lipinski definition) is 1. The third-order valence-corrected chi connectivity index (χ3v) is 10.1. The van der Waals surface area contributed by atoms with Crippen molar-refractivity contribution in [2.45, 2.75) is 85.2 Å². The van der Waals surface area contributed by atoms with Gasteiger partial charge in [-0.15, -0.1) is 0 Å². The van der Waals surface area contributed by atoms with Crippen molar-refractivity contribution in [3.05, 3.63) is 0 Å². The summed E-state index contributed by atoms with van der Waals surface area (Å²) in [5.41, 5.74) is 0.628. The van der Waals surface area contributed by atoms with Crippen molar-refractivity contribution in [3.63, 3.8) is 0 Å². The molecule has 0 bridgehead atoms. The largest absolute Gasteiger partial charge is 0.391 e. The lowest BCUT2D eigenvalue weighted by atomic mass is 9.41. The van der Waals surface area contributed by atoms with Crippen LogP contribution in [0, 0.1) is 39.9 Å². The number of nitrogens with one attached hydrogen (secondary N) is 1. The fourth-order valence-corrected chi connectivity index (χ4v) is 8.55. The van der Waals surface area contributed by atoms with E-state index in [1.807, 2.05) is 0 Å². The first-order valence-corrected chi connectivity index (χ1v) is 12.2. The van der Waals surface area contributed by atoms with Gasteiger partial charge in [-0.25, -0.2) is 0 Å². The second kappa shape index (κ2) is 6.88. The normalized spacial score (nSPS) is 48.9. The first-order valence-electron chi connectivity index (χ1n) is 12.2. The zero-order valence-corrected chi connectivity index (χ0v) is 19.1. The fourth-order valence-electron chi connectivity index (χ4n) is 8.55. The SMILES string of the molecule is CC1(C)/C(=N/O[C@@H]2CCNC2)CC[C@@]2(C)C1C(=O)C[C@@H]1[C@@H]2CC[C@]2(C)C(=O)CC[C@@H]12. The number of Topliss-reactive ketones (excluding diaryl/α,β-unsaturated/α-hetero) is 2. The van der Waals surface area contributed by atoms with Gasteiger partial charge in [-0.2, -0.15) is 0 Å². The van der Waals surface area contributed by atoms with Crippen LogP contribution in [0.5, 0.6) is 0 Å². The smallest absolute Gasteiger partial charge is 0.141 e. The maximum atomic E-state index is 13.7. The number of fused-ring (bicyclic) bond motifs is 5. The number of carbonyl (C=O) groups is 2. The fraction of sp³-hybridized carbons (Fsp3) is 0.880. The third-order valence-electron chi connectivity index (χ3n) is 10.1. The Balaban J connectivity index is 1.43. The molecule has 5 aliphatic rings. The Morgan fingerprint density at radius 3 is 2.53 bits per heavy atom. The standard InChI is InChI=1S/C25H38N2O3/c1-23(2)20(27-30-15-9-12-26-14-15)8-11-25(4)18-7-10-24(3)17(5-6-21(24)29)16(18)13-19(28)22(23)25/h15-18,22,26H,5-14H2,1-4H3/b27-20+/t15-,16+,17+,18+,22?,24+,25-/m1/s1. The van der Waals surface area contributed by atoms with Crippen LogP contribution in [0.25, 0.3) is 0 Å². The molecule has 1 saturated heterocycles. The zero-order chi connectivity index (χ0) is 21.3. The molecule has 0 aromatic carbocycles. The summed E-state index contributed by atoms with van der Waals surface area (Å²) in [6.45, 7) is 10.9. The molecule has 1 heterocycles. The summed E-state index contributed by atoms with van der Waals surface area (Å²) >= 11 is 0. The number of rotatable bonds is 2. The molecular formula is C25H38N2O3. The molecule has 5 rings (SSSR count). The molecule has 0 aromatic heterocycles. The number of hydrogen-bond acceptors (Lipinski definition) is 5. The number of ketones is 2. The minimum atomic E-state index is -0.271. The lowest BCUT2D eigenvalue weighted by Gasteiger charge is -2.62. The van der Waals surface area contributed by atoms with Gasteiger partial charge in [0.1, 0.15) is 17.7 Å². The molecule has 0 amide bonds. The monoisotopic (exact) mass is 414 g/mol. The topological polar surface area (TPSA) is 67.8 Å². The Hall–Kier alpha value is -1.23. The molecule has 0 spiro atoms. The Morgan fingerprint density at radius 2 is 1.80 bits per heavy atom. The molecule has 4 aliphatic carbocycles. The van der Waals surface area contributed by atoms with Crippen LogP contribution in [0.1, 0.15) is 79.1 Å². The summed E-state index contributed by atoms with van der Waals surface area (Å²) in [6, 6.07) is 0. The minimum absolute atomic E-state index is 0.00437. The van der Waals surface area contributed by atoms with Crippen molar-refractivity contribution >= 4 is 17.3 Å². The highest BCUT2D eigenvalue weighted by atomic mass is 16.6. The van der Waals surface area contributed by atoms with Crippen molar-refractivity contribution < 1.29 is 14.4 Å². The summed E-state index contributed by atoms with van der Waals surface area (Å²) in [6.07, 6.45) is 7.54. The first-order chi connectivity index (χ1) is 14.2. The van der Waals surface area contributed by atoms with Crippen molar-refractivity contribution in [3.8, 4) is 0 Å². The van der Waals surface area contributed by atoms with Gasteiger partial charge in [-0.3, -0.25) is 9.59 Å². The van der Waals surface area contributed by atoms with Gasteiger partial charge in [0.2, 0.25) is 0 Å². The van der Waals surface area contributed by atoms with Crippen molar-refractivity contribution in [1.82, 2.24) is 5.32 Å². The van der Waals surface area contributed by atoms with Gasteiger partial charge >= 0.3 is 0 Å². The average molecular weight is 415 g/mol. The van der Waals surface area contributed by atoms with Gasteiger partial charge in [0.25, 0.3) is 0 Å². The highest BCUT2D eigenvalue weighted by Gasteiger charge is 2.65. The lowest BCUT2D eigenvalue weighted by Crippen LogP contribution is -2.61. The Bertz CT molecular complexity index is 783. The van der Waals surface area contributed by atoms with E-state index < -0.39 is 0 Å². The van der Waals surface area contributed by atoms with Gasteiger partial charge in [-0.05, 0) is 61.8 Å². The van der Waals surface area contributed by atoms with Gasteiger partial charge in [-0.1, -0.05) is 32.9 Å². The quantitative estimate of drug-likeness (QED) is 0.690. The molecule has 1 unspecified atom stereocenters. The molecule has 30 heavy (non-hydrogen) atoms. The van der Waals surface area contributed by atoms with Crippen LogP contribution in [0.3, 0.4) is 0 Å². The van der Waals surface area contributed by atoms with Crippen LogP contribution in [0.2, 0.25) is 0 Å². The summed E-state index contributed by atoms with van der Waals surface area (Å²) < 4.78 is 0. The van der Waals surface area contributed by atoms with E-state index in [4.69, 9.17) is 4.84 Å². The number of oxime groups is 1. The number of nitrogens with zero attached hydrogens (tertiary/aromatic N) is 1. The second-order valence-electron chi connectivity index (χ2n) is 11.9. The van der Waals surface area contributed by atoms with E-state index >= 15 is 0 Å². The van der Waals surface area contributed by atoms with E-state index in [1.165, 1.54) is 0 Å². The van der Waals surface area contributed by atoms with Crippen LogP contribution in [-0.2, 0) is 14.4 Å². The molecule has 1 aliphatic heterocycles. The highest BCUT2D eigenvalue weighted by Crippen LogP contribution is 2.66. The van der Waals surface area contributed by atoms with E-state index in [0.717, 1.165) is 57.3 Å². The molecule has 7 atom stereocenters. The average Bonchev–Trinajstić information content (AvgIpc) is 3.29. The summed E-state index contributed by atoms with van der Waals surface area (Å²) in [7, 11) is 0. The van der Waals surface area contributed by atoms with Crippen LogP contribution in [-0.4, -0.2) is 36.5 Å². The van der Waals surface area contributed by atoms with Crippen molar-refractivity contribution in [1.29, 1.82) is 0 Å². The molecule has 5 fully saturated rings. The van der Waals surface area contributed by atoms with Gasteiger partial charge in [0, 0.05) is 42.6 Å². The predicted octanol–water partition coefficient (Wildman–Crippen LogP) is 4.15. The zero-order valence-electron chi connectivity index (χ0n) is 19.1. The summed E-state index contributed by atoms with van der Waals surface area (Å²) in [5, 5.41) is 7.95. The van der Waals surface area contributed by atoms with Crippen LogP contribution < -0.4 is 5.32 Å². The van der Waals surface area contributed by atoms with Crippen LogP contribution in [0.15, 0.2) is 5.16 Å².